The topological polar surface area (TPSA) is 6.48 Å². The molecule has 3 atom stereocenters. The summed E-state index contributed by atoms with van der Waals surface area (Å²) in [6.07, 6.45) is 32.7. The van der Waals surface area contributed by atoms with Crippen molar-refractivity contribution in [3.8, 4) is 0 Å². The maximum Gasteiger partial charge on any atom is 0.106 e. The molecule has 0 aromatic heterocycles. The van der Waals surface area contributed by atoms with Crippen LogP contribution in [-0.4, -0.2) is 22.5 Å². The summed E-state index contributed by atoms with van der Waals surface area (Å²) < 4.78 is 0. The van der Waals surface area contributed by atoms with E-state index in [9.17, 15) is 0 Å². The van der Waals surface area contributed by atoms with Gasteiger partial charge in [0, 0.05) is 29.8 Å². The lowest BCUT2D eigenvalue weighted by molar-refractivity contribution is 0.152. The van der Waals surface area contributed by atoms with Gasteiger partial charge in [-0.05, 0) is 76.4 Å². The second-order valence-electron chi connectivity index (χ2n) is 9.54. The number of hydrogen-bond donors (Lipinski definition) is 0. The minimum atomic E-state index is 0.464. The summed E-state index contributed by atoms with van der Waals surface area (Å²) in [4.78, 5) is 5.53. The highest BCUT2D eigenvalue weighted by molar-refractivity contribution is 5.43. The molecule has 0 N–H and O–H groups in total. The Morgan fingerprint density at radius 3 is 2.61 bits per heavy atom. The fourth-order valence-electron chi connectivity index (χ4n) is 6.52. The van der Waals surface area contributed by atoms with Crippen LogP contribution in [-0.2, 0) is 0 Å². The smallest absolute Gasteiger partial charge is 0.106 e. The van der Waals surface area contributed by atoms with E-state index in [0.29, 0.717) is 18.0 Å². The molecule has 0 fully saturated rings. The predicted octanol–water partition coefficient (Wildman–Crippen LogP) is 7.38. The van der Waals surface area contributed by atoms with Gasteiger partial charge >= 0.3 is 0 Å². The third-order valence-corrected chi connectivity index (χ3v) is 7.87. The molecule has 3 unspecified atom stereocenters. The molecular formula is C29H38N2. The van der Waals surface area contributed by atoms with Crippen LogP contribution in [0.1, 0.15) is 71.6 Å². The highest BCUT2D eigenvalue weighted by atomic mass is 15.4. The van der Waals surface area contributed by atoms with Crippen LogP contribution in [0.5, 0.6) is 0 Å². The molecule has 4 aliphatic carbocycles. The molecule has 5 aliphatic rings. The molecule has 1 aliphatic heterocycles. The van der Waals surface area contributed by atoms with E-state index in [2.05, 4.69) is 78.3 Å². The van der Waals surface area contributed by atoms with Gasteiger partial charge in [-0.25, -0.2) is 0 Å². The second-order valence-corrected chi connectivity index (χ2v) is 9.54. The molecule has 31 heavy (non-hydrogen) atoms. The van der Waals surface area contributed by atoms with Crippen LogP contribution in [0, 0.1) is 11.8 Å². The van der Waals surface area contributed by atoms with E-state index in [1.807, 2.05) is 0 Å². The van der Waals surface area contributed by atoms with E-state index in [-0.39, 0.29) is 0 Å². The molecule has 0 bridgehead atoms. The van der Waals surface area contributed by atoms with E-state index in [1.54, 1.807) is 22.5 Å². The first-order valence-electron chi connectivity index (χ1n) is 12.7. The Bertz CT molecular complexity index is 907. The summed E-state index contributed by atoms with van der Waals surface area (Å²) in [5.74, 6) is 1.13. The van der Waals surface area contributed by atoms with Gasteiger partial charge in [0.1, 0.15) is 6.17 Å². The van der Waals surface area contributed by atoms with Crippen molar-refractivity contribution in [2.24, 2.45) is 11.8 Å². The monoisotopic (exact) mass is 414 g/mol. The summed E-state index contributed by atoms with van der Waals surface area (Å²) in [5.41, 5.74) is 8.14. The number of rotatable bonds is 5. The molecular weight excluding hydrogens is 376 g/mol. The molecule has 0 aromatic rings. The number of hydrogen-bond acceptors (Lipinski definition) is 2. The molecule has 0 spiro atoms. The average Bonchev–Trinajstić information content (AvgIpc) is 3.17. The zero-order valence-electron chi connectivity index (χ0n) is 19.4. The fourth-order valence-corrected chi connectivity index (χ4v) is 6.52. The van der Waals surface area contributed by atoms with Crippen LogP contribution in [0.4, 0.5) is 0 Å². The van der Waals surface area contributed by atoms with Gasteiger partial charge in [0.15, 0.2) is 0 Å². The highest BCUT2D eigenvalue weighted by Gasteiger charge is 2.42. The van der Waals surface area contributed by atoms with Crippen molar-refractivity contribution in [1.29, 1.82) is 0 Å². The molecule has 1 heterocycles. The van der Waals surface area contributed by atoms with Crippen molar-refractivity contribution < 1.29 is 0 Å². The molecule has 0 aromatic carbocycles. The summed E-state index contributed by atoms with van der Waals surface area (Å²) in [6, 6.07) is 0. The first-order chi connectivity index (χ1) is 15.3. The second kappa shape index (κ2) is 9.10. The lowest BCUT2D eigenvalue weighted by atomic mass is 9.74. The molecule has 0 radical (unpaired) electrons. The zero-order chi connectivity index (χ0) is 21.2. The molecule has 0 saturated carbocycles. The quantitative estimate of drug-likeness (QED) is 0.463. The van der Waals surface area contributed by atoms with Gasteiger partial charge in [-0.15, -0.1) is 0 Å². The van der Waals surface area contributed by atoms with Gasteiger partial charge < -0.3 is 9.80 Å². The van der Waals surface area contributed by atoms with E-state index in [4.69, 9.17) is 0 Å². The molecule has 0 amide bonds. The van der Waals surface area contributed by atoms with Crippen molar-refractivity contribution in [3.63, 3.8) is 0 Å². The molecule has 2 nitrogen and oxygen atoms in total. The van der Waals surface area contributed by atoms with Gasteiger partial charge in [0.2, 0.25) is 0 Å². The normalized spacial score (nSPS) is 30.4. The van der Waals surface area contributed by atoms with Crippen LogP contribution in [0.3, 0.4) is 0 Å². The Labute approximate surface area is 189 Å². The largest absolute Gasteiger partial charge is 0.353 e. The lowest BCUT2D eigenvalue weighted by Gasteiger charge is -2.43. The summed E-state index contributed by atoms with van der Waals surface area (Å²) in [7, 11) is 0. The summed E-state index contributed by atoms with van der Waals surface area (Å²) >= 11 is 0. The first kappa shape index (κ1) is 20.7. The number of nitrogens with zero attached hydrogens (tertiary/aromatic N) is 2. The molecule has 164 valence electrons. The zero-order valence-corrected chi connectivity index (χ0v) is 19.4. The minimum absolute atomic E-state index is 0.464. The van der Waals surface area contributed by atoms with Gasteiger partial charge in [0.05, 0.1) is 5.70 Å². The van der Waals surface area contributed by atoms with Crippen LogP contribution >= 0.6 is 0 Å². The average molecular weight is 415 g/mol. The maximum atomic E-state index is 2.82. The van der Waals surface area contributed by atoms with Gasteiger partial charge in [0.25, 0.3) is 0 Å². The molecule has 0 saturated heterocycles. The predicted molar refractivity (Wildman–Crippen MR) is 131 cm³/mol. The van der Waals surface area contributed by atoms with Crippen molar-refractivity contribution in [3.05, 3.63) is 82.9 Å². The van der Waals surface area contributed by atoms with E-state index in [0.717, 1.165) is 19.4 Å². The molecule has 2 heteroatoms. The van der Waals surface area contributed by atoms with Gasteiger partial charge in [-0.1, -0.05) is 61.1 Å². The van der Waals surface area contributed by atoms with Crippen LogP contribution < -0.4 is 0 Å². The standard InChI is InChI=1S/C29H38N2/c1-3-28-30(4-2)26-20-11-12-21-27(26)31(28)29-24(22-14-7-5-8-15-22)18-13-19-25(29)23-16-9-6-10-17-23/h5-9,12,14,16,21-22,25,28H,3-4,10-11,13,15,17-20H2,1-2H3. The molecule has 5 rings (SSSR count). The van der Waals surface area contributed by atoms with Crippen molar-refractivity contribution >= 4 is 0 Å². The Morgan fingerprint density at radius 1 is 0.968 bits per heavy atom. The van der Waals surface area contributed by atoms with Gasteiger partial charge in [-0.3, -0.25) is 0 Å². The Morgan fingerprint density at radius 2 is 1.87 bits per heavy atom. The van der Waals surface area contributed by atoms with Crippen molar-refractivity contribution in [1.82, 2.24) is 9.80 Å². The van der Waals surface area contributed by atoms with Crippen LogP contribution in [0.25, 0.3) is 0 Å². The third kappa shape index (κ3) is 3.69. The van der Waals surface area contributed by atoms with Crippen LogP contribution in [0.15, 0.2) is 82.9 Å². The van der Waals surface area contributed by atoms with E-state index >= 15 is 0 Å². The Hall–Kier alpha value is -2.22. The lowest BCUT2D eigenvalue weighted by Crippen LogP contribution is -2.42. The van der Waals surface area contributed by atoms with Gasteiger partial charge in [-0.2, -0.15) is 0 Å². The third-order valence-electron chi connectivity index (χ3n) is 7.87. The fraction of sp³-hybridized carbons (Fsp3) is 0.517. The highest BCUT2D eigenvalue weighted by Crippen LogP contribution is 2.49. The van der Waals surface area contributed by atoms with Crippen LogP contribution in [0.2, 0.25) is 0 Å². The minimum Gasteiger partial charge on any atom is -0.353 e. The van der Waals surface area contributed by atoms with E-state index in [1.165, 1.54) is 50.6 Å². The number of allylic oxidation sites excluding steroid dienone is 12. The van der Waals surface area contributed by atoms with Crippen molar-refractivity contribution in [2.75, 3.05) is 6.54 Å². The maximum absolute atomic E-state index is 2.82. The SMILES string of the molecule is CCC1N(CC)C2=C(C=CCC2)N1C1=C(C2C=CC=CC2)CCCC1C1=CC=CCC1. The first-order valence-corrected chi connectivity index (χ1v) is 12.7. The Kier molecular flexibility index (Phi) is 6.07. The van der Waals surface area contributed by atoms with E-state index < -0.39 is 0 Å². The summed E-state index contributed by atoms with van der Waals surface area (Å²) in [5, 5.41) is 0. The Balaban J connectivity index is 1.67. The summed E-state index contributed by atoms with van der Waals surface area (Å²) in [6.45, 7) is 5.82. The van der Waals surface area contributed by atoms with Crippen molar-refractivity contribution in [2.45, 2.75) is 77.8 Å².